The van der Waals surface area contributed by atoms with Crippen molar-refractivity contribution in [3.05, 3.63) is 107 Å². The third-order valence-electron chi connectivity index (χ3n) is 5.18. The second-order valence-corrected chi connectivity index (χ2v) is 8.64. The molecule has 0 aliphatic carbocycles. The topological polar surface area (TPSA) is 89.8 Å². The maximum absolute atomic E-state index is 12.4. The molecule has 8 heteroatoms. The van der Waals surface area contributed by atoms with E-state index >= 15 is 0 Å². The number of anilines is 1. The first kappa shape index (κ1) is 20.7. The van der Waals surface area contributed by atoms with Gasteiger partial charge in [-0.05, 0) is 42.8 Å². The van der Waals surface area contributed by atoms with Crippen molar-refractivity contribution >= 4 is 33.1 Å². The Labute approximate surface area is 193 Å². The van der Waals surface area contributed by atoms with Crippen LogP contribution in [-0.2, 0) is 6.54 Å². The predicted molar refractivity (Wildman–Crippen MR) is 130 cm³/mol. The minimum absolute atomic E-state index is 0.249. The smallest absolute Gasteiger partial charge is 0.290 e. The normalized spacial score (nSPS) is 10.9. The van der Waals surface area contributed by atoms with Crippen molar-refractivity contribution in [2.45, 2.75) is 13.5 Å². The molecule has 7 nitrogen and oxygen atoms in total. The zero-order valence-corrected chi connectivity index (χ0v) is 18.5. The van der Waals surface area contributed by atoms with Crippen LogP contribution in [0.1, 0.15) is 21.6 Å². The maximum atomic E-state index is 12.4. The molecule has 5 aromatic rings. The Morgan fingerprint density at radius 1 is 1.03 bits per heavy atom. The number of carbonyl (C=O) groups is 1. The van der Waals surface area contributed by atoms with Crippen molar-refractivity contribution in [1.82, 2.24) is 19.5 Å². The number of aromatic nitrogens is 4. The molecule has 0 aliphatic rings. The number of thiophene rings is 1. The second-order valence-electron chi connectivity index (χ2n) is 7.59. The Kier molecular flexibility index (Phi) is 5.50. The lowest BCUT2D eigenvalue weighted by Gasteiger charge is -2.08. The quantitative estimate of drug-likeness (QED) is 0.422. The van der Waals surface area contributed by atoms with Crippen LogP contribution >= 0.6 is 11.3 Å². The van der Waals surface area contributed by atoms with E-state index in [9.17, 15) is 9.59 Å². The highest BCUT2D eigenvalue weighted by molar-refractivity contribution is 7.22. The summed E-state index contributed by atoms with van der Waals surface area (Å²) >= 11 is 1.37. The summed E-state index contributed by atoms with van der Waals surface area (Å²) in [4.78, 5) is 38.1. The Morgan fingerprint density at radius 3 is 2.61 bits per heavy atom. The Balaban J connectivity index is 1.41. The van der Waals surface area contributed by atoms with Crippen LogP contribution < -0.4 is 10.9 Å². The molecule has 0 aliphatic heterocycles. The van der Waals surface area contributed by atoms with Crippen molar-refractivity contribution in [2.24, 2.45) is 0 Å². The summed E-state index contributed by atoms with van der Waals surface area (Å²) in [7, 11) is 0. The summed E-state index contributed by atoms with van der Waals surface area (Å²) in [6, 6.07) is 19.0. The lowest BCUT2D eigenvalue weighted by atomic mass is 10.1. The van der Waals surface area contributed by atoms with Gasteiger partial charge in [-0.1, -0.05) is 35.9 Å². The van der Waals surface area contributed by atoms with E-state index in [-0.39, 0.29) is 11.5 Å². The molecular formula is C25H19N5O2S. The number of rotatable bonds is 5. The standard InChI is InChI=1S/C25H19N5O2S/c1-16-5-7-17(8-6-16)14-30-15-28-25(32)23-21(30)12-22(33-23)19-10-9-18(13-27-19)29-24(31)20-4-2-3-11-26-20/h2-13,15H,14H2,1H3,(H,29,31). The van der Waals surface area contributed by atoms with Crippen LogP contribution in [0, 0.1) is 6.92 Å². The van der Waals surface area contributed by atoms with Crippen LogP contribution in [0.2, 0.25) is 0 Å². The molecule has 1 amide bonds. The first-order valence-corrected chi connectivity index (χ1v) is 11.1. The van der Waals surface area contributed by atoms with Gasteiger partial charge in [-0.2, -0.15) is 4.98 Å². The number of pyridine rings is 2. The first-order chi connectivity index (χ1) is 16.1. The third-order valence-corrected chi connectivity index (χ3v) is 6.31. The van der Waals surface area contributed by atoms with E-state index < -0.39 is 0 Å². The minimum atomic E-state index is -0.300. The van der Waals surface area contributed by atoms with Crippen molar-refractivity contribution in [2.75, 3.05) is 5.32 Å². The molecule has 162 valence electrons. The molecule has 1 N–H and O–H groups in total. The first-order valence-electron chi connectivity index (χ1n) is 10.3. The van der Waals surface area contributed by atoms with Gasteiger partial charge in [0.1, 0.15) is 10.4 Å². The molecule has 0 spiro atoms. The molecule has 5 rings (SSSR count). The van der Waals surface area contributed by atoms with E-state index in [1.54, 1.807) is 43.0 Å². The fourth-order valence-electron chi connectivity index (χ4n) is 3.44. The molecule has 0 fully saturated rings. The number of aryl methyl sites for hydroxylation is 1. The van der Waals surface area contributed by atoms with Crippen LogP contribution in [0.4, 0.5) is 5.69 Å². The van der Waals surface area contributed by atoms with E-state index in [0.29, 0.717) is 28.3 Å². The van der Waals surface area contributed by atoms with Crippen LogP contribution in [-0.4, -0.2) is 25.4 Å². The molecule has 0 saturated heterocycles. The van der Waals surface area contributed by atoms with Crippen molar-refractivity contribution in [3.8, 4) is 10.6 Å². The summed E-state index contributed by atoms with van der Waals surface area (Å²) in [6.45, 7) is 2.67. The van der Waals surface area contributed by atoms with E-state index in [0.717, 1.165) is 16.0 Å². The van der Waals surface area contributed by atoms with Gasteiger partial charge in [0, 0.05) is 12.7 Å². The molecule has 4 heterocycles. The molecule has 0 saturated carbocycles. The van der Waals surface area contributed by atoms with Crippen molar-refractivity contribution in [3.63, 3.8) is 0 Å². The van der Waals surface area contributed by atoms with Crippen LogP contribution in [0.15, 0.2) is 84.2 Å². The summed E-state index contributed by atoms with van der Waals surface area (Å²) in [5, 5.41) is 2.79. The SMILES string of the molecule is Cc1ccc(Cn2cnc(=O)c3sc(-c4ccc(NC(=O)c5ccccn5)cn4)cc32)cc1. The molecular weight excluding hydrogens is 434 g/mol. The van der Waals surface area contributed by atoms with Gasteiger partial charge >= 0.3 is 0 Å². The number of amides is 1. The van der Waals surface area contributed by atoms with Gasteiger partial charge in [0.05, 0.1) is 34.3 Å². The van der Waals surface area contributed by atoms with Crippen molar-refractivity contribution < 1.29 is 4.79 Å². The molecule has 0 atom stereocenters. The number of benzene rings is 1. The molecule has 33 heavy (non-hydrogen) atoms. The number of hydrogen-bond acceptors (Lipinski definition) is 6. The lowest BCUT2D eigenvalue weighted by molar-refractivity contribution is 0.102. The molecule has 1 aromatic carbocycles. The van der Waals surface area contributed by atoms with Gasteiger partial charge in [-0.3, -0.25) is 19.6 Å². The number of fused-ring (bicyclic) bond motifs is 1. The number of nitrogens with one attached hydrogen (secondary N) is 1. The molecule has 4 aromatic heterocycles. The molecule has 0 unspecified atom stereocenters. The Bertz CT molecular complexity index is 1490. The lowest BCUT2D eigenvalue weighted by Crippen LogP contribution is -2.13. The monoisotopic (exact) mass is 453 g/mol. The minimum Gasteiger partial charge on any atom is -0.326 e. The van der Waals surface area contributed by atoms with E-state index in [2.05, 4.69) is 51.5 Å². The molecule has 0 bridgehead atoms. The fraction of sp³-hybridized carbons (Fsp3) is 0.0800. The van der Waals surface area contributed by atoms with Gasteiger partial charge in [0.2, 0.25) is 0 Å². The maximum Gasteiger partial charge on any atom is 0.290 e. The number of nitrogens with zero attached hydrogens (tertiary/aromatic N) is 4. The summed E-state index contributed by atoms with van der Waals surface area (Å²) in [5.74, 6) is -0.300. The number of carbonyl (C=O) groups excluding carboxylic acids is 1. The second kappa shape index (κ2) is 8.76. The summed E-state index contributed by atoms with van der Waals surface area (Å²) in [6.07, 6.45) is 4.75. The van der Waals surface area contributed by atoms with Gasteiger partial charge in [0.15, 0.2) is 0 Å². The van der Waals surface area contributed by atoms with Gasteiger partial charge in [-0.15, -0.1) is 11.3 Å². The van der Waals surface area contributed by atoms with E-state index in [1.165, 1.54) is 16.9 Å². The van der Waals surface area contributed by atoms with E-state index in [1.807, 2.05) is 16.7 Å². The van der Waals surface area contributed by atoms with Gasteiger partial charge < -0.3 is 9.88 Å². The highest BCUT2D eigenvalue weighted by atomic mass is 32.1. The summed E-state index contributed by atoms with van der Waals surface area (Å²) in [5.41, 5.74) is 4.52. The summed E-state index contributed by atoms with van der Waals surface area (Å²) < 4.78 is 2.57. The average molecular weight is 454 g/mol. The van der Waals surface area contributed by atoms with Gasteiger partial charge in [0.25, 0.3) is 11.5 Å². The van der Waals surface area contributed by atoms with Gasteiger partial charge in [-0.25, -0.2) is 0 Å². The zero-order chi connectivity index (χ0) is 22.8. The van der Waals surface area contributed by atoms with Crippen molar-refractivity contribution in [1.29, 1.82) is 0 Å². The Morgan fingerprint density at radius 2 is 1.88 bits per heavy atom. The van der Waals surface area contributed by atoms with Crippen LogP contribution in [0.5, 0.6) is 0 Å². The predicted octanol–water partition coefficient (Wildman–Crippen LogP) is 4.52. The number of hydrogen-bond donors (Lipinski definition) is 1. The zero-order valence-electron chi connectivity index (χ0n) is 17.7. The van der Waals surface area contributed by atoms with E-state index in [4.69, 9.17) is 0 Å². The highest BCUT2D eigenvalue weighted by Crippen LogP contribution is 2.31. The molecule has 0 radical (unpaired) electrons. The fourth-order valence-corrected chi connectivity index (χ4v) is 4.48. The highest BCUT2D eigenvalue weighted by Gasteiger charge is 2.13. The average Bonchev–Trinajstić information content (AvgIpc) is 3.30. The Hall–Kier alpha value is -4.17. The van der Waals surface area contributed by atoms with Crippen LogP contribution in [0.25, 0.3) is 20.8 Å². The van der Waals surface area contributed by atoms with Crippen LogP contribution in [0.3, 0.4) is 0 Å². The largest absolute Gasteiger partial charge is 0.326 e. The third kappa shape index (κ3) is 4.42.